The van der Waals surface area contributed by atoms with Crippen molar-refractivity contribution in [1.82, 2.24) is 20.9 Å². The lowest BCUT2D eigenvalue weighted by molar-refractivity contribution is -0.136. The smallest absolute Gasteiger partial charge is 0.255 e. The van der Waals surface area contributed by atoms with Crippen LogP contribution in [0.2, 0.25) is 0 Å². The monoisotopic (exact) mass is 400 g/mol. The number of imide groups is 1. The highest BCUT2D eigenvalue weighted by atomic mass is 16.5. The molecule has 0 aromatic heterocycles. The molecule has 8 nitrogen and oxygen atoms in total. The molecule has 2 atom stereocenters. The number of amides is 3. The van der Waals surface area contributed by atoms with Gasteiger partial charge in [0.2, 0.25) is 11.8 Å². The minimum absolute atomic E-state index is 0.133. The molecule has 0 bridgehead atoms. The van der Waals surface area contributed by atoms with Crippen molar-refractivity contribution >= 4 is 17.7 Å². The summed E-state index contributed by atoms with van der Waals surface area (Å²) in [6.07, 6.45) is 1.62. The molecule has 2 fully saturated rings. The van der Waals surface area contributed by atoms with Crippen molar-refractivity contribution in [2.24, 2.45) is 0 Å². The Balaban J connectivity index is 1.31. The van der Waals surface area contributed by atoms with Crippen molar-refractivity contribution in [3.63, 3.8) is 0 Å². The summed E-state index contributed by atoms with van der Waals surface area (Å²) in [5, 5.41) is 9.20. The lowest BCUT2D eigenvalue weighted by Crippen LogP contribution is -2.52. The Kier molecular flexibility index (Phi) is 5.42. The first kappa shape index (κ1) is 20.0. The lowest BCUT2D eigenvalue weighted by atomic mass is 10.0. The second kappa shape index (κ2) is 7.85. The number of carbonyl (C=O) groups excluding carboxylic acids is 3. The average molecular weight is 400 g/mol. The molecule has 0 aliphatic carbocycles. The van der Waals surface area contributed by atoms with Gasteiger partial charge in [-0.2, -0.15) is 0 Å². The largest absolute Gasteiger partial charge is 0.360 e. The Labute approximate surface area is 170 Å². The molecule has 156 valence electrons. The first-order valence-corrected chi connectivity index (χ1v) is 10.2. The molecule has 3 heterocycles. The summed E-state index contributed by atoms with van der Waals surface area (Å²) in [5.74, 6) is -0.783. The molecule has 2 unspecified atom stereocenters. The van der Waals surface area contributed by atoms with Gasteiger partial charge in [-0.1, -0.05) is 12.1 Å². The summed E-state index contributed by atoms with van der Waals surface area (Å²) in [6.45, 7) is 6.72. The van der Waals surface area contributed by atoms with Crippen LogP contribution in [-0.4, -0.2) is 53.6 Å². The van der Waals surface area contributed by atoms with E-state index in [1.165, 1.54) is 0 Å². The van der Waals surface area contributed by atoms with Crippen LogP contribution in [-0.2, 0) is 27.4 Å². The van der Waals surface area contributed by atoms with E-state index < -0.39 is 6.04 Å². The van der Waals surface area contributed by atoms with Gasteiger partial charge in [-0.05, 0) is 50.4 Å². The maximum Gasteiger partial charge on any atom is 0.255 e. The predicted octanol–water partition coefficient (Wildman–Crippen LogP) is 0.652. The predicted molar refractivity (Wildman–Crippen MR) is 106 cm³/mol. The topological polar surface area (TPSA) is 99.8 Å². The van der Waals surface area contributed by atoms with E-state index in [0.717, 1.165) is 30.7 Å². The molecule has 8 heteroatoms. The molecule has 1 aromatic rings. The Bertz CT molecular complexity index is 838. The molecular weight excluding hydrogens is 372 g/mol. The number of ether oxygens (including phenoxy) is 1. The Morgan fingerprint density at radius 2 is 2.10 bits per heavy atom. The standard InChI is InChI=1S/C21H28N4O4/c1-21(2)24-15(12-29-21)7-8-22-10-13-3-4-14-11-25(20(28)16(14)9-13)17-5-6-18(26)23-19(17)27/h3-4,9,15,17,22,24H,5-8,10-12H2,1-2H3,(H,23,26,27). The van der Waals surface area contributed by atoms with Crippen LogP contribution >= 0.6 is 0 Å². The summed E-state index contributed by atoms with van der Waals surface area (Å²) >= 11 is 0. The number of nitrogens with zero attached hydrogens (tertiary/aromatic N) is 1. The number of hydrogen-bond acceptors (Lipinski definition) is 6. The van der Waals surface area contributed by atoms with Gasteiger partial charge in [0.15, 0.2) is 0 Å². The molecule has 3 aliphatic rings. The van der Waals surface area contributed by atoms with Crippen LogP contribution in [0.15, 0.2) is 18.2 Å². The minimum atomic E-state index is -0.570. The lowest BCUT2D eigenvalue weighted by Gasteiger charge is -2.29. The van der Waals surface area contributed by atoms with Gasteiger partial charge in [-0.3, -0.25) is 25.0 Å². The first-order valence-electron chi connectivity index (χ1n) is 10.2. The van der Waals surface area contributed by atoms with Gasteiger partial charge in [0.1, 0.15) is 11.8 Å². The van der Waals surface area contributed by atoms with Crippen LogP contribution in [0.3, 0.4) is 0 Å². The van der Waals surface area contributed by atoms with E-state index >= 15 is 0 Å². The highest BCUT2D eigenvalue weighted by Gasteiger charge is 2.39. The fourth-order valence-corrected chi connectivity index (χ4v) is 4.26. The zero-order valence-corrected chi connectivity index (χ0v) is 16.9. The van der Waals surface area contributed by atoms with E-state index in [4.69, 9.17) is 4.74 Å². The molecule has 4 rings (SSSR count). The quantitative estimate of drug-likeness (QED) is 0.479. The number of benzene rings is 1. The molecule has 2 saturated heterocycles. The number of hydrogen-bond donors (Lipinski definition) is 3. The summed E-state index contributed by atoms with van der Waals surface area (Å²) in [5.41, 5.74) is 2.37. The molecule has 0 spiro atoms. The van der Waals surface area contributed by atoms with E-state index in [0.29, 0.717) is 31.1 Å². The molecule has 3 amide bonds. The van der Waals surface area contributed by atoms with Crippen molar-refractivity contribution in [2.45, 2.75) is 64.0 Å². The van der Waals surface area contributed by atoms with Gasteiger partial charge in [0.25, 0.3) is 5.91 Å². The van der Waals surface area contributed by atoms with Gasteiger partial charge < -0.3 is 15.0 Å². The highest BCUT2D eigenvalue weighted by molar-refractivity contribution is 6.05. The van der Waals surface area contributed by atoms with Gasteiger partial charge in [0.05, 0.1) is 6.61 Å². The molecule has 0 radical (unpaired) electrons. The van der Waals surface area contributed by atoms with E-state index in [-0.39, 0.29) is 29.9 Å². The third kappa shape index (κ3) is 4.34. The second-order valence-corrected chi connectivity index (χ2v) is 8.52. The highest BCUT2D eigenvalue weighted by Crippen LogP contribution is 2.28. The number of piperidine rings is 1. The Hall–Kier alpha value is -2.29. The SMILES string of the molecule is CC1(C)NC(CCNCc2ccc3c(c2)C(=O)N(C2CCC(=O)NC2=O)C3)CO1. The summed E-state index contributed by atoms with van der Waals surface area (Å²) in [4.78, 5) is 37.9. The first-order chi connectivity index (χ1) is 13.8. The number of fused-ring (bicyclic) bond motifs is 1. The van der Waals surface area contributed by atoms with E-state index in [1.54, 1.807) is 4.90 Å². The van der Waals surface area contributed by atoms with Crippen molar-refractivity contribution < 1.29 is 19.1 Å². The molecule has 3 aliphatic heterocycles. The van der Waals surface area contributed by atoms with Crippen molar-refractivity contribution in [3.8, 4) is 0 Å². The summed E-state index contributed by atoms with van der Waals surface area (Å²) in [7, 11) is 0. The fraction of sp³-hybridized carbons (Fsp3) is 0.571. The summed E-state index contributed by atoms with van der Waals surface area (Å²) < 4.78 is 5.68. The van der Waals surface area contributed by atoms with Crippen LogP contribution in [0, 0.1) is 0 Å². The van der Waals surface area contributed by atoms with Crippen LogP contribution in [0.25, 0.3) is 0 Å². The molecular formula is C21H28N4O4. The van der Waals surface area contributed by atoms with Crippen LogP contribution in [0.5, 0.6) is 0 Å². The van der Waals surface area contributed by atoms with E-state index in [2.05, 4.69) is 16.0 Å². The zero-order valence-electron chi connectivity index (χ0n) is 16.9. The van der Waals surface area contributed by atoms with Gasteiger partial charge >= 0.3 is 0 Å². The maximum absolute atomic E-state index is 12.9. The average Bonchev–Trinajstić information content (AvgIpc) is 3.18. The van der Waals surface area contributed by atoms with Crippen molar-refractivity contribution in [2.75, 3.05) is 13.2 Å². The normalized spacial score (nSPS) is 26.0. The third-order valence-electron chi connectivity index (χ3n) is 5.79. The van der Waals surface area contributed by atoms with Crippen molar-refractivity contribution in [3.05, 3.63) is 34.9 Å². The van der Waals surface area contributed by atoms with Crippen molar-refractivity contribution in [1.29, 1.82) is 0 Å². The number of rotatable bonds is 6. The third-order valence-corrected chi connectivity index (χ3v) is 5.79. The number of nitrogens with one attached hydrogen (secondary N) is 3. The maximum atomic E-state index is 12.9. The number of carbonyl (C=O) groups is 3. The Morgan fingerprint density at radius 1 is 1.28 bits per heavy atom. The molecule has 3 N–H and O–H groups in total. The second-order valence-electron chi connectivity index (χ2n) is 8.52. The zero-order chi connectivity index (χ0) is 20.6. The van der Waals surface area contributed by atoms with Gasteiger partial charge in [-0.15, -0.1) is 0 Å². The van der Waals surface area contributed by atoms with Gasteiger partial charge in [0, 0.05) is 31.1 Å². The fourth-order valence-electron chi connectivity index (χ4n) is 4.26. The van der Waals surface area contributed by atoms with E-state index in [9.17, 15) is 14.4 Å². The van der Waals surface area contributed by atoms with Crippen LogP contribution in [0.1, 0.15) is 54.6 Å². The minimum Gasteiger partial charge on any atom is -0.360 e. The summed E-state index contributed by atoms with van der Waals surface area (Å²) in [6, 6.07) is 5.68. The molecule has 1 aromatic carbocycles. The van der Waals surface area contributed by atoms with E-state index in [1.807, 2.05) is 32.0 Å². The Morgan fingerprint density at radius 3 is 2.83 bits per heavy atom. The van der Waals surface area contributed by atoms with Gasteiger partial charge in [-0.25, -0.2) is 0 Å². The van der Waals surface area contributed by atoms with Crippen LogP contribution < -0.4 is 16.0 Å². The molecule has 0 saturated carbocycles. The molecule has 29 heavy (non-hydrogen) atoms. The van der Waals surface area contributed by atoms with Crippen LogP contribution in [0.4, 0.5) is 0 Å².